The molecule has 0 aliphatic heterocycles. The Balaban J connectivity index is 1.68. The van der Waals surface area contributed by atoms with Gasteiger partial charge in [-0.2, -0.15) is 8.78 Å². The van der Waals surface area contributed by atoms with Gasteiger partial charge in [-0.05, 0) is 37.6 Å². The Hall–Kier alpha value is -3.03. The maximum atomic E-state index is 15.0. The molecule has 0 aliphatic carbocycles. The van der Waals surface area contributed by atoms with Gasteiger partial charge in [0.1, 0.15) is 0 Å². The fourth-order valence-electron chi connectivity index (χ4n) is 3.71. The van der Waals surface area contributed by atoms with Crippen LogP contribution in [0.3, 0.4) is 0 Å². The molecule has 3 aromatic carbocycles. The summed E-state index contributed by atoms with van der Waals surface area (Å²) in [4.78, 5) is 18.1. The number of alkyl halides is 2. The zero-order valence-corrected chi connectivity index (χ0v) is 19.9. The highest BCUT2D eigenvalue weighted by molar-refractivity contribution is 7.99. The Morgan fingerprint density at radius 2 is 1.82 bits per heavy atom. The van der Waals surface area contributed by atoms with E-state index in [0.29, 0.717) is 21.4 Å². The van der Waals surface area contributed by atoms with E-state index in [-0.39, 0.29) is 21.0 Å². The number of amides is 1. The van der Waals surface area contributed by atoms with E-state index < -0.39 is 24.2 Å². The quantitative estimate of drug-likeness (QED) is 0.301. The molecule has 174 valence electrons. The van der Waals surface area contributed by atoms with Crippen molar-refractivity contribution in [1.29, 1.82) is 0 Å². The zero-order valence-electron chi connectivity index (χ0n) is 18.3. The maximum absolute atomic E-state index is 15.0. The van der Waals surface area contributed by atoms with E-state index >= 15 is 0 Å². The SMILES string of the molecule is Cc1ccc(C(F)(F)CNC(=O)c2c(Sc3cccc(Cl)c3F)cnc3ccccc23)c(C)c1. The lowest BCUT2D eigenvalue weighted by molar-refractivity contribution is -0.00308. The Morgan fingerprint density at radius 3 is 2.59 bits per heavy atom. The summed E-state index contributed by atoms with van der Waals surface area (Å²) in [7, 11) is 0. The van der Waals surface area contributed by atoms with Crippen molar-refractivity contribution in [3.05, 3.63) is 100.0 Å². The van der Waals surface area contributed by atoms with Crippen molar-refractivity contribution in [2.24, 2.45) is 0 Å². The summed E-state index contributed by atoms with van der Waals surface area (Å²) in [5.74, 6) is -4.61. The highest BCUT2D eigenvalue weighted by Crippen LogP contribution is 2.37. The molecule has 1 N–H and O–H groups in total. The van der Waals surface area contributed by atoms with Crippen molar-refractivity contribution in [3.8, 4) is 0 Å². The minimum atomic E-state index is -3.28. The second kappa shape index (κ2) is 9.68. The lowest BCUT2D eigenvalue weighted by Gasteiger charge is -2.20. The standard InChI is InChI=1S/C26H20ClF3N2OS/c1-15-10-11-18(16(2)12-15)26(29,30)14-32-25(33)23-17-6-3-4-8-20(17)31-13-22(23)34-21-9-5-7-19(27)24(21)28/h3-13H,14H2,1-2H3,(H,32,33). The number of nitrogens with one attached hydrogen (secondary N) is 1. The van der Waals surface area contributed by atoms with Crippen LogP contribution in [0, 0.1) is 19.7 Å². The van der Waals surface area contributed by atoms with Crippen molar-refractivity contribution in [2.45, 2.75) is 29.6 Å². The van der Waals surface area contributed by atoms with Gasteiger partial charge in [0.05, 0.1) is 22.6 Å². The first-order valence-electron chi connectivity index (χ1n) is 10.4. The summed E-state index contributed by atoms with van der Waals surface area (Å²) < 4.78 is 44.5. The van der Waals surface area contributed by atoms with Gasteiger partial charge >= 0.3 is 0 Å². The summed E-state index contributed by atoms with van der Waals surface area (Å²) in [6, 6.07) is 16.1. The van der Waals surface area contributed by atoms with E-state index in [1.165, 1.54) is 24.4 Å². The van der Waals surface area contributed by atoms with Crippen LogP contribution in [-0.2, 0) is 5.92 Å². The number of carbonyl (C=O) groups excluding carboxylic acids is 1. The predicted molar refractivity (Wildman–Crippen MR) is 129 cm³/mol. The van der Waals surface area contributed by atoms with E-state index in [1.807, 2.05) is 6.92 Å². The third kappa shape index (κ3) is 4.91. The highest BCUT2D eigenvalue weighted by Gasteiger charge is 2.34. The van der Waals surface area contributed by atoms with Crippen LogP contribution in [-0.4, -0.2) is 17.4 Å². The molecule has 0 saturated carbocycles. The molecule has 0 spiro atoms. The van der Waals surface area contributed by atoms with Crippen LogP contribution in [0.5, 0.6) is 0 Å². The first kappa shape index (κ1) is 24.1. The van der Waals surface area contributed by atoms with Gasteiger partial charge in [-0.1, -0.05) is 71.4 Å². The first-order valence-corrected chi connectivity index (χ1v) is 11.6. The maximum Gasteiger partial charge on any atom is 0.290 e. The molecule has 1 aromatic heterocycles. The number of carbonyl (C=O) groups is 1. The summed E-state index contributed by atoms with van der Waals surface area (Å²) in [6.07, 6.45) is 1.44. The largest absolute Gasteiger partial charge is 0.346 e. The number of halogens is 4. The fourth-order valence-corrected chi connectivity index (χ4v) is 4.94. The average Bonchev–Trinajstić information content (AvgIpc) is 2.80. The third-order valence-corrected chi connectivity index (χ3v) is 6.71. The number of rotatable bonds is 6. The van der Waals surface area contributed by atoms with Gasteiger partial charge in [0, 0.05) is 26.9 Å². The third-order valence-electron chi connectivity index (χ3n) is 5.35. The topological polar surface area (TPSA) is 42.0 Å². The van der Waals surface area contributed by atoms with Crippen LogP contribution in [0.25, 0.3) is 10.9 Å². The van der Waals surface area contributed by atoms with Crippen LogP contribution in [0.4, 0.5) is 13.2 Å². The fraction of sp³-hybridized carbons (Fsp3) is 0.154. The number of aryl methyl sites for hydroxylation is 2. The molecule has 3 nitrogen and oxygen atoms in total. The molecular weight excluding hydrogens is 481 g/mol. The Labute approximate surface area is 204 Å². The van der Waals surface area contributed by atoms with Crippen molar-refractivity contribution >= 4 is 40.2 Å². The highest BCUT2D eigenvalue weighted by atomic mass is 35.5. The minimum absolute atomic E-state index is 0.0575. The van der Waals surface area contributed by atoms with Crippen molar-refractivity contribution in [2.75, 3.05) is 6.54 Å². The number of pyridine rings is 1. The molecule has 0 bridgehead atoms. The van der Waals surface area contributed by atoms with E-state index in [9.17, 15) is 18.0 Å². The van der Waals surface area contributed by atoms with Crippen LogP contribution in [0.2, 0.25) is 5.02 Å². The smallest absolute Gasteiger partial charge is 0.290 e. The number of fused-ring (bicyclic) bond motifs is 1. The first-order chi connectivity index (χ1) is 16.2. The molecule has 8 heteroatoms. The molecule has 4 rings (SSSR count). The molecule has 0 saturated heterocycles. The summed E-state index contributed by atoms with van der Waals surface area (Å²) in [6.45, 7) is 2.55. The van der Waals surface area contributed by atoms with Gasteiger partial charge < -0.3 is 5.32 Å². The van der Waals surface area contributed by atoms with Crippen LogP contribution in [0.1, 0.15) is 27.0 Å². The Kier molecular flexibility index (Phi) is 6.86. The van der Waals surface area contributed by atoms with E-state index in [1.54, 1.807) is 49.4 Å². The molecule has 4 aromatic rings. The Bertz CT molecular complexity index is 1390. The average molecular weight is 501 g/mol. The van der Waals surface area contributed by atoms with Gasteiger partial charge in [0.15, 0.2) is 5.82 Å². The van der Waals surface area contributed by atoms with Crippen LogP contribution < -0.4 is 5.32 Å². The van der Waals surface area contributed by atoms with Gasteiger partial charge in [-0.3, -0.25) is 9.78 Å². The summed E-state index contributed by atoms with van der Waals surface area (Å²) in [5.41, 5.74) is 1.84. The summed E-state index contributed by atoms with van der Waals surface area (Å²) >= 11 is 6.85. The zero-order chi connectivity index (χ0) is 24.5. The molecule has 1 amide bonds. The van der Waals surface area contributed by atoms with Gasteiger partial charge in [-0.15, -0.1) is 0 Å². The van der Waals surface area contributed by atoms with Crippen LogP contribution in [0.15, 0.2) is 76.7 Å². The molecule has 0 fully saturated rings. The van der Waals surface area contributed by atoms with Gasteiger partial charge in [0.25, 0.3) is 11.8 Å². The lowest BCUT2D eigenvalue weighted by Crippen LogP contribution is -2.35. The van der Waals surface area contributed by atoms with Crippen molar-refractivity contribution in [1.82, 2.24) is 10.3 Å². The molecular formula is C26H20ClF3N2OS. The minimum Gasteiger partial charge on any atom is -0.346 e. The van der Waals surface area contributed by atoms with E-state index in [4.69, 9.17) is 11.6 Å². The Morgan fingerprint density at radius 1 is 1.06 bits per heavy atom. The molecule has 34 heavy (non-hydrogen) atoms. The lowest BCUT2D eigenvalue weighted by atomic mass is 10.00. The second-order valence-corrected chi connectivity index (χ2v) is 9.37. The van der Waals surface area contributed by atoms with E-state index in [0.717, 1.165) is 17.3 Å². The van der Waals surface area contributed by atoms with Gasteiger partial charge in [0.2, 0.25) is 0 Å². The molecule has 0 unspecified atom stereocenters. The van der Waals surface area contributed by atoms with Crippen molar-refractivity contribution < 1.29 is 18.0 Å². The number of benzene rings is 3. The number of aromatic nitrogens is 1. The van der Waals surface area contributed by atoms with Gasteiger partial charge in [-0.25, -0.2) is 4.39 Å². The van der Waals surface area contributed by atoms with E-state index in [2.05, 4.69) is 10.3 Å². The van der Waals surface area contributed by atoms with Crippen LogP contribution >= 0.6 is 23.4 Å². The normalized spacial score (nSPS) is 11.6. The second-order valence-electron chi connectivity index (χ2n) is 7.87. The number of hydrogen-bond donors (Lipinski definition) is 1. The number of para-hydroxylation sites is 1. The molecule has 0 radical (unpaired) electrons. The van der Waals surface area contributed by atoms with Crippen molar-refractivity contribution in [3.63, 3.8) is 0 Å². The summed E-state index contributed by atoms with van der Waals surface area (Å²) in [5, 5.41) is 2.79. The predicted octanol–water partition coefficient (Wildman–Crippen LogP) is 7.32. The molecule has 0 aliphatic rings. The molecule has 0 atom stereocenters. The number of nitrogens with zero attached hydrogens (tertiary/aromatic N) is 1. The number of hydrogen-bond acceptors (Lipinski definition) is 3. The monoisotopic (exact) mass is 500 g/mol. The molecule has 1 heterocycles.